The SMILES string of the molecule is CCN(CCO)C(=O)CCCOc1ccc(Br)cc1. The van der Waals surface area contributed by atoms with E-state index in [2.05, 4.69) is 15.9 Å². The Morgan fingerprint density at radius 1 is 1.37 bits per heavy atom. The molecule has 0 saturated heterocycles. The molecule has 1 rings (SSSR count). The molecule has 0 saturated carbocycles. The number of hydrogen-bond acceptors (Lipinski definition) is 3. The maximum absolute atomic E-state index is 11.8. The van der Waals surface area contributed by atoms with Crippen LogP contribution in [0.3, 0.4) is 0 Å². The summed E-state index contributed by atoms with van der Waals surface area (Å²) in [5, 5.41) is 8.84. The molecule has 5 heteroatoms. The number of rotatable bonds is 8. The number of hydrogen-bond donors (Lipinski definition) is 1. The number of nitrogens with zero attached hydrogens (tertiary/aromatic N) is 1. The molecule has 0 radical (unpaired) electrons. The normalized spacial score (nSPS) is 10.3. The Labute approximate surface area is 122 Å². The maximum Gasteiger partial charge on any atom is 0.222 e. The van der Waals surface area contributed by atoms with Crippen molar-refractivity contribution in [1.82, 2.24) is 4.90 Å². The zero-order valence-corrected chi connectivity index (χ0v) is 12.7. The van der Waals surface area contributed by atoms with Gasteiger partial charge in [0.15, 0.2) is 0 Å². The zero-order chi connectivity index (χ0) is 14.1. The molecule has 1 aromatic carbocycles. The van der Waals surface area contributed by atoms with E-state index in [1.807, 2.05) is 31.2 Å². The molecule has 0 aliphatic heterocycles. The highest BCUT2D eigenvalue weighted by Crippen LogP contribution is 2.16. The van der Waals surface area contributed by atoms with Gasteiger partial charge in [0.2, 0.25) is 5.91 Å². The predicted molar refractivity (Wildman–Crippen MR) is 78.2 cm³/mol. The standard InChI is InChI=1S/C14H20BrNO3/c1-2-16(9-10-17)14(18)4-3-11-19-13-7-5-12(15)6-8-13/h5-8,17H,2-4,9-11H2,1H3. The van der Waals surface area contributed by atoms with Crippen LogP contribution in [0.15, 0.2) is 28.7 Å². The van der Waals surface area contributed by atoms with Crippen LogP contribution in [0.2, 0.25) is 0 Å². The third-order valence-corrected chi connectivity index (χ3v) is 3.25. The summed E-state index contributed by atoms with van der Waals surface area (Å²) in [7, 11) is 0. The first-order valence-electron chi connectivity index (χ1n) is 6.44. The smallest absolute Gasteiger partial charge is 0.222 e. The van der Waals surface area contributed by atoms with Gasteiger partial charge in [-0.15, -0.1) is 0 Å². The van der Waals surface area contributed by atoms with Crippen molar-refractivity contribution in [2.24, 2.45) is 0 Å². The summed E-state index contributed by atoms with van der Waals surface area (Å²) in [6.07, 6.45) is 1.13. The van der Waals surface area contributed by atoms with Crippen molar-refractivity contribution >= 4 is 21.8 Å². The van der Waals surface area contributed by atoms with E-state index in [4.69, 9.17) is 9.84 Å². The van der Waals surface area contributed by atoms with Gasteiger partial charge < -0.3 is 14.7 Å². The molecule has 0 aromatic heterocycles. The molecule has 0 aliphatic carbocycles. The van der Waals surface area contributed by atoms with Gasteiger partial charge in [-0.05, 0) is 37.6 Å². The monoisotopic (exact) mass is 329 g/mol. The van der Waals surface area contributed by atoms with Crippen LogP contribution in [-0.4, -0.2) is 42.2 Å². The fourth-order valence-corrected chi connectivity index (χ4v) is 1.95. The Morgan fingerprint density at radius 2 is 2.05 bits per heavy atom. The van der Waals surface area contributed by atoms with E-state index in [0.29, 0.717) is 32.5 Å². The molecular formula is C14H20BrNO3. The number of likely N-dealkylation sites (N-methyl/N-ethyl adjacent to an activating group) is 1. The fourth-order valence-electron chi connectivity index (χ4n) is 1.68. The van der Waals surface area contributed by atoms with E-state index >= 15 is 0 Å². The van der Waals surface area contributed by atoms with Crippen LogP contribution in [0.5, 0.6) is 5.75 Å². The van der Waals surface area contributed by atoms with Crippen LogP contribution >= 0.6 is 15.9 Å². The van der Waals surface area contributed by atoms with Crippen LogP contribution < -0.4 is 4.74 Å². The summed E-state index contributed by atoms with van der Waals surface area (Å²) in [6, 6.07) is 7.60. The number of benzene rings is 1. The highest BCUT2D eigenvalue weighted by molar-refractivity contribution is 9.10. The molecule has 0 aliphatic rings. The molecule has 0 spiro atoms. The van der Waals surface area contributed by atoms with E-state index in [0.717, 1.165) is 10.2 Å². The Morgan fingerprint density at radius 3 is 2.63 bits per heavy atom. The lowest BCUT2D eigenvalue weighted by molar-refractivity contribution is -0.131. The lowest BCUT2D eigenvalue weighted by atomic mass is 10.3. The minimum Gasteiger partial charge on any atom is -0.494 e. The Bertz CT molecular complexity index is 381. The van der Waals surface area contributed by atoms with E-state index in [1.165, 1.54) is 0 Å². The molecule has 1 aromatic rings. The third kappa shape index (κ3) is 6.07. The highest BCUT2D eigenvalue weighted by atomic mass is 79.9. The topological polar surface area (TPSA) is 49.8 Å². The average molecular weight is 330 g/mol. The van der Waals surface area contributed by atoms with Crippen molar-refractivity contribution < 1.29 is 14.6 Å². The molecule has 0 fully saturated rings. The quantitative estimate of drug-likeness (QED) is 0.745. The van der Waals surface area contributed by atoms with Gasteiger partial charge in [0.25, 0.3) is 0 Å². The van der Waals surface area contributed by atoms with E-state index in [-0.39, 0.29) is 12.5 Å². The fraction of sp³-hybridized carbons (Fsp3) is 0.500. The average Bonchev–Trinajstić information content (AvgIpc) is 2.42. The van der Waals surface area contributed by atoms with Crippen molar-refractivity contribution in [3.05, 3.63) is 28.7 Å². The van der Waals surface area contributed by atoms with Gasteiger partial charge in [0.1, 0.15) is 5.75 Å². The molecular weight excluding hydrogens is 310 g/mol. The first kappa shape index (κ1) is 16.0. The minimum atomic E-state index is 0.00890. The van der Waals surface area contributed by atoms with Gasteiger partial charge in [-0.1, -0.05) is 15.9 Å². The summed E-state index contributed by atoms with van der Waals surface area (Å²) >= 11 is 3.36. The maximum atomic E-state index is 11.8. The highest BCUT2D eigenvalue weighted by Gasteiger charge is 2.10. The molecule has 1 amide bonds. The van der Waals surface area contributed by atoms with Crippen LogP contribution in [0.25, 0.3) is 0 Å². The van der Waals surface area contributed by atoms with E-state index in [9.17, 15) is 4.79 Å². The van der Waals surface area contributed by atoms with Gasteiger partial charge >= 0.3 is 0 Å². The second-order valence-corrected chi connectivity index (χ2v) is 5.02. The number of halogens is 1. The molecule has 1 N–H and O–H groups in total. The van der Waals surface area contributed by atoms with Crippen molar-refractivity contribution in [3.8, 4) is 5.75 Å². The predicted octanol–water partition coefficient (Wildman–Crippen LogP) is 2.45. The van der Waals surface area contributed by atoms with Crippen LogP contribution in [0, 0.1) is 0 Å². The number of ether oxygens (including phenoxy) is 1. The zero-order valence-electron chi connectivity index (χ0n) is 11.1. The number of aliphatic hydroxyl groups is 1. The summed E-state index contributed by atoms with van der Waals surface area (Å²) in [6.45, 7) is 3.47. The Hall–Kier alpha value is -1.07. The van der Waals surface area contributed by atoms with Gasteiger partial charge in [0, 0.05) is 24.0 Å². The summed E-state index contributed by atoms with van der Waals surface area (Å²) in [4.78, 5) is 13.4. The molecule has 106 valence electrons. The first-order chi connectivity index (χ1) is 9.17. The molecule has 19 heavy (non-hydrogen) atoms. The van der Waals surface area contributed by atoms with Crippen LogP contribution in [0.1, 0.15) is 19.8 Å². The van der Waals surface area contributed by atoms with E-state index < -0.39 is 0 Å². The lowest BCUT2D eigenvalue weighted by Crippen LogP contribution is -2.33. The third-order valence-electron chi connectivity index (χ3n) is 2.72. The van der Waals surface area contributed by atoms with E-state index in [1.54, 1.807) is 4.90 Å². The van der Waals surface area contributed by atoms with Gasteiger partial charge in [0.05, 0.1) is 13.2 Å². The molecule has 4 nitrogen and oxygen atoms in total. The number of carbonyl (C=O) groups is 1. The van der Waals surface area contributed by atoms with Crippen molar-refractivity contribution in [3.63, 3.8) is 0 Å². The second kappa shape index (κ2) is 8.93. The lowest BCUT2D eigenvalue weighted by Gasteiger charge is -2.19. The van der Waals surface area contributed by atoms with Gasteiger partial charge in [-0.3, -0.25) is 4.79 Å². The van der Waals surface area contributed by atoms with Crippen molar-refractivity contribution in [2.75, 3.05) is 26.3 Å². The number of amides is 1. The Kier molecular flexibility index (Phi) is 7.52. The van der Waals surface area contributed by atoms with Crippen LogP contribution in [-0.2, 0) is 4.79 Å². The Balaban J connectivity index is 2.23. The molecule has 0 unspecified atom stereocenters. The summed E-state index contributed by atoms with van der Waals surface area (Å²) < 4.78 is 6.56. The molecule has 0 bridgehead atoms. The van der Waals surface area contributed by atoms with Gasteiger partial charge in [-0.2, -0.15) is 0 Å². The van der Waals surface area contributed by atoms with Crippen molar-refractivity contribution in [1.29, 1.82) is 0 Å². The largest absolute Gasteiger partial charge is 0.494 e. The number of aliphatic hydroxyl groups excluding tert-OH is 1. The van der Waals surface area contributed by atoms with Gasteiger partial charge in [-0.25, -0.2) is 0 Å². The first-order valence-corrected chi connectivity index (χ1v) is 7.23. The van der Waals surface area contributed by atoms with Crippen LogP contribution in [0.4, 0.5) is 0 Å². The second-order valence-electron chi connectivity index (χ2n) is 4.10. The number of carbonyl (C=O) groups excluding carboxylic acids is 1. The van der Waals surface area contributed by atoms with Crippen molar-refractivity contribution in [2.45, 2.75) is 19.8 Å². The molecule has 0 atom stereocenters. The summed E-state index contributed by atoms with van der Waals surface area (Å²) in [5.41, 5.74) is 0. The minimum absolute atomic E-state index is 0.00890. The molecule has 0 heterocycles. The summed E-state index contributed by atoms with van der Waals surface area (Å²) in [5.74, 6) is 0.870.